The largest absolute Gasteiger partial charge is 0.338 e. The van der Waals surface area contributed by atoms with Crippen molar-refractivity contribution >= 4 is 5.91 Å². The van der Waals surface area contributed by atoms with Gasteiger partial charge in [-0.15, -0.1) is 0 Å². The van der Waals surface area contributed by atoms with Crippen LogP contribution in [0.1, 0.15) is 32.3 Å². The quantitative estimate of drug-likeness (QED) is 0.741. The van der Waals surface area contributed by atoms with Crippen LogP contribution in [0, 0.1) is 11.8 Å². The molecule has 102 valence electrons. The van der Waals surface area contributed by atoms with Crippen molar-refractivity contribution in [2.24, 2.45) is 11.8 Å². The Morgan fingerprint density at radius 2 is 1.95 bits per heavy atom. The predicted molar refractivity (Wildman–Crippen MR) is 78.6 cm³/mol. The maximum Gasteiger partial charge on any atom is 0.226 e. The third-order valence-electron chi connectivity index (χ3n) is 3.94. The molecule has 2 rings (SSSR count). The van der Waals surface area contributed by atoms with Crippen molar-refractivity contribution in [3.8, 4) is 0 Å². The van der Waals surface area contributed by atoms with Crippen molar-refractivity contribution in [1.29, 1.82) is 0 Å². The lowest BCUT2D eigenvalue weighted by atomic mass is 9.94. The highest BCUT2D eigenvalue weighted by Gasteiger charge is 2.24. The maximum absolute atomic E-state index is 12.6. The Bertz CT molecular complexity index is 438. The van der Waals surface area contributed by atoms with Gasteiger partial charge in [0, 0.05) is 19.0 Å². The first-order chi connectivity index (χ1) is 9.18. The summed E-state index contributed by atoms with van der Waals surface area (Å²) < 4.78 is 0. The van der Waals surface area contributed by atoms with Gasteiger partial charge < -0.3 is 4.90 Å². The number of carbonyl (C=O) groups excluding carboxylic acids is 1. The number of amides is 1. The van der Waals surface area contributed by atoms with Gasteiger partial charge in [-0.05, 0) is 24.3 Å². The zero-order chi connectivity index (χ0) is 13.7. The van der Waals surface area contributed by atoms with Crippen LogP contribution in [0.5, 0.6) is 0 Å². The molecule has 0 bridgehead atoms. The molecule has 1 aliphatic heterocycles. The minimum atomic E-state index is 0.0677. The number of benzene rings is 1. The lowest BCUT2D eigenvalue weighted by Gasteiger charge is -2.27. The average molecular weight is 257 g/mol. The fourth-order valence-corrected chi connectivity index (χ4v) is 2.46. The van der Waals surface area contributed by atoms with Gasteiger partial charge in [-0.2, -0.15) is 0 Å². The summed E-state index contributed by atoms with van der Waals surface area (Å²) in [4.78, 5) is 14.6. The van der Waals surface area contributed by atoms with Gasteiger partial charge >= 0.3 is 0 Å². The first-order valence-electron chi connectivity index (χ1n) is 7.18. The summed E-state index contributed by atoms with van der Waals surface area (Å²) in [5.41, 5.74) is 1.21. The molecule has 0 aromatic heterocycles. The molecule has 0 fully saturated rings. The summed E-state index contributed by atoms with van der Waals surface area (Å²) >= 11 is 0. The summed E-state index contributed by atoms with van der Waals surface area (Å²) in [6, 6.07) is 10.3. The second-order valence-corrected chi connectivity index (χ2v) is 5.46. The summed E-state index contributed by atoms with van der Waals surface area (Å²) in [5, 5.41) is 0. The Kier molecular flexibility index (Phi) is 4.78. The van der Waals surface area contributed by atoms with E-state index in [1.54, 1.807) is 0 Å². The van der Waals surface area contributed by atoms with Gasteiger partial charge in [0.15, 0.2) is 0 Å². The zero-order valence-corrected chi connectivity index (χ0v) is 11.9. The Morgan fingerprint density at radius 3 is 2.68 bits per heavy atom. The topological polar surface area (TPSA) is 20.3 Å². The van der Waals surface area contributed by atoms with Crippen LogP contribution < -0.4 is 0 Å². The summed E-state index contributed by atoms with van der Waals surface area (Å²) in [6.07, 6.45) is 6.53. The lowest BCUT2D eigenvalue weighted by Crippen LogP contribution is -2.37. The Balaban J connectivity index is 2.11. The molecule has 1 heterocycles. The standard InChI is InChI=1S/C17H23NO/c1-14-9-5-4-8-12-18(17(19)15(14)2)13-16-10-6-3-7-11-16/h3,5-7,9-11,14-15H,4,8,12-13H2,1-2H3/b9-5+/t14-,15-/m0/s1. The fourth-order valence-electron chi connectivity index (χ4n) is 2.46. The molecule has 0 radical (unpaired) electrons. The van der Waals surface area contributed by atoms with Crippen LogP contribution in [-0.4, -0.2) is 17.4 Å². The van der Waals surface area contributed by atoms with E-state index in [0.717, 1.165) is 25.9 Å². The molecule has 0 saturated heterocycles. The normalized spacial score (nSPS) is 26.4. The van der Waals surface area contributed by atoms with Crippen molar-refractivity contribution < 1.29 is 4.79 Å². The van der Waals surface area contributed by atoms with Crippen LogP contribution in [0.4, 0.5) is 0 Å². The highest BCUT2D eigenvalue weighted by atomic mass is 16.2. The molecule has 0 spiro atoms. The fraction of sp³-hybridized carbons (Fsp3) is 0.471. The number of rotatable bonds is 2. The van der Waals surface area contributed by atoms with Gasteiger partial charge in [0.25, 0.3) is 0 Å². The smallest absolute Gasteiger partial charge is 0.226 e. The molecular formula is C17H23NO. The van der Waals surface area contributed by atoms with E-state index in [0.29, 0.717) is 5.92 Å². The number of allylic oxidation sites excluding steroid dienone is 2. The summed E-state index contributed by atoms with van der Waals surface area (Å²) in [7, 11) is 0. The SMILES string of the molecule is C[C@@H]1C(=O)N(Cc2ccccc2)CCC/C=C/[C@@H]1C. The highest BCUT2D eigenvalue weighted by Crippen LogP contribution is 2.20. The van der Waals surface area contributed by atoms with Gasteiger partial charge in [-0.25, -0.2) is 0 Å². The molecule has 0 N–H and O–H groups in total. The molecule has 1 aliphatic rings. The van der Waals surface area contributed by atoms with E-state index in [4.69, 9.17) is 0 Å². The van der Waals surface area contributed by atoms with Crippen molar-refractivity contribution in [1.82, 2.24) is 4.90 Å². The van der Waals surface area contributed by atoms with Crippen LogP contribution in [-0.2, 0) is 11.3 Å². The van der Waals surface area contributed by atoms with Gasteiger partial charge in [0.05, 0.1) is 0 Å². The van der Waals surface area contributed by atoms with Crippen molar-refractivity contribution in [2.75, 3.05) is 6.54 Å². The van der Waals surface area contributed by atoms with Crippen LogP contribution in [0.25, 0.3) is 0 Å². The van der Waals surface area contributed by atoms with Crippen molar-refractivity contribution in [2.45, 2.75) is 33.2 Å². The molecule has 0 unspecified atom stereocenters. The number of nitrogens with zero attached hydrogens (tertiary/aromatic N) is 1. The maximum atomic E-state index is 12.6. The first kappa shape index (κ1) is 13.9. The average Bonchev–Trinajstić information content (AvgIpc) is 2.49. The number of hydrogen-bond acceptors (Lipinski definition) is 1. The Hall–Kier alpha value is -1.57. The molecule has 1 aromatic rings. The monoisotopic (exact) mass is 257 g/mol. The molecular weight excluding hydrogens is 234 g/mol. The van der Waals surface area contributed by atoms with Gasteiger partial charge in [0.2, 0.25) is 5.91 Å². The molecule has 1 aromatic carbocycles. The van der Waals surface area contributed by atoms with E-state index < -0.39 is 0 Å². The van der Waals surface area contributed by atoms with E-state index in [1.807, 2.05) is 30.0 Å². The van der Waals surface area contributed by atoms with Gasteiger partial charge in [-0.1, -0.05) is 56.3 Å². The lowest BCUT2D eigenvalue weighted by molar-refractivity contribution is -0.136. The van der Waals surface area contributed by atoms with E-state index in [2.05, 4.69) is 31.2 Å². The Morgan fingerprint density at radius 1 is 1.21 bits per heavy atom. The summed E-state index contributed by atoms with van der Waals surface area (Å²) in [5.74, 6) is 0.671. The molecule has 2 heteroatoms. The molecule has 0 aliphatic carbocycles. The van der Waals surface area contributed by atoms with E-state index in [9.17, 15) is 4.79 Å². The minimum Gasteiger partial charge on any atom is -0.338 e. The van der Waals surface area contributed by atoms with Crippen molar-refractivity contribution in [3.05, 3.63) is 48.0 Å². The summed E-state index contributed by atoms with van der Waals surface area (Å²) in [6.45, 7) is 5.76. The third kappa shape index (κ3) is 3.69. The van der Waals surface area contributed by atoms with E-state index in [1.165, 1.54) is 5.56 Å². The van der Waals surface area contributed by atoms with Gasteiger partial charge in [0.1, 0.15) is 0 Å². The molecule has 2 atom stereocenters. The van der Waals surface area contributed by atoms with Crippen LogP contribution in [0.3, 0.4) is 0 Å². The molecule has 19 heavy (non-hydrogen) atoms. The van der Waals surface area contributed by atoms with Crippen LogP contribution in [0.2, 0.25) is 0 Å². The second-order valence-electron chi connectivity index (χ2n) is 5.46. The van der Waals surface area contributed by atoms with E-state index in [-0.39, 0.29) is 11.8 Å². The first-order valence-corrected chi connectivity index (χ1v) is 7.18. The Labute approximate surface area is 116 Å². The number of carbonyl (C=O) groups is 1. The van der Waals surface area contributed by atoms with E-state index >= 15 is 0 Å². The highest BCUT2D eigenvalue weighted by molar-refractivity contribution is 5.79. The van der Waals surface area contributed by atoms with Crippen LogP contribution >= 0.6 is 0 Å². The third-order valence-corrected chi connectivity index (χ3v) is 3.94. The second kappa shape index (κ2) is 6.55. The molecule has 0 saturated carbocycles. The predicted octanol–water partition coefficient (Wildman–Crippen LogP) is 3.64. The zero-order valence-electron chi connectivity index (χ0n) is 11.9. The molecule has 2 nitrogen and oxygen atoms in total. The minimum absolute atomic E-state index is 0.0677. The molecule has 1 amide bonds. The van der Waals surface area contributed by atoms with Gasteiger partial charge in [-0.3, -0.25) is 4.79 Å². The van der Waals surface area contributed by atoms with Crippen LogP contribution in [0.15, 0.2) is 42.5 Å². The number of hydrogen-bond donors (Lipinski definition) is 0. The van der Waals surface area contributed by atoms with Crippen molar-refractivity contribution in [3.63, 3.8) is 0 Å².